The van der Waals surface area contributed by atoms with E-state index in [2.05, 4.69) is 5.32 Å². The Morgan fingerprint density at radius 2 is 1.42 bits per heavy atom. The van der Waals surface area contributed by atoms with Crippen molar-refractivity contribution in [2.45, 2.75) is 59.4 Å². The van der Waals surface area contributed by atoms with Gasteiger partial charge in [-0.05, 0) is 69.4 Å². The van der Waals surface area contributed by atoms with Crippen molar-refractivity contribution in [3.8, 4) is 0 Å². The number of nitrogens with one attached hydrogen (secondary N) is 1. The normalized spacial score (nSPS) is 12.9. The highest BCUT2D eigenvalue weighted by molar-refractivity contribution is 7.89. The molecule has 1 rings (SSSR count). The Bertz CT molecular complexity index is 801. The molecule has 146 valence electrons. The van der Waals surface area contributed by atoms with Gasteiger partial charge in [0.1, 0.15) is 6.04 Å². The molecular weight excluding hydrogens is 356 g/mol. The van der Waals surface area contributed by atoms with E-state index in [0.717, 1.165) is 21.0 Å². The minimum Gasteiger partial charge on any atom is -0.480 e. The van der Waals surface area contributed by atoms with Crippen LogP contribution in [0.15, 0.2) is 4.90 Å². The van der Waals surface area contributed by atoms with E-state index < -0.39 is 22.0 Å². The topological polar surface area (TPSA) is 104 Å². The second kappa shape index (κ2) is 8.18. The van der Waals surface area contributed by atoms with Gasteiger partial charge in [0.2, 0.25) is 15.9 Å². The van der Waals surface area contributed by atoms with Crippen LogP contribution in [0.2, 0.25) is 0 Å². The number of hydrogen-bond donors (Lipinski definition) is 2. The van der Waals surface area contributed by atoms with E-state index in [9.17, 15) is 23.1 Å². The average molecular weight is 384 g/mol. The summed E-state index contributed by atoms with van der Waals surface area (Å²) >= 11 is 0. The van der Waals surface area contributed by atoms with E-state index in [0.29, 0.717) is 11.1 Å². The van der Waals surface area contributed by atoms with Gasteiger partial charge in [-0.2, -0.15) is 4.31 Å². The molecule has 7 nitrogen and oxygen atoms in total. The van der Waals surface area contributed by atoms with Crippen LogP contribution in [0.1, 0.15) is 41.7 Å². The molecule has 0 aliphatic rings. The van der Waals surface area contributed by atoms with Gasteiger partial charge < -0.3 is 10.4 Å². The van der Waals surface area contributed by atoms with E-state index in [4.69, 9.17) is 0 Å². The molecule has 0 saturated heterocycles. The fourth-order valence-corrected chi connectivity index (χ4v) is 5.11. The molecule has 0 aliphatic carbocycles. The maximum absolute atomic E-state index is 13.4. The Hall–Kier alpha value is -1.93. The molecule has 0 aromatic heterocycles. The highest BCUT2D eigenvalue weighted by Gasteiger charge is 2.35. The maximum atomic E-state index is 13.4. The summed E-state index contributed by atoms with van der Waals surface area (Å²) in [6.07, 6.45) is 0. The van der Waals surface area contributed by atoms with Gasteiger partial charge in [0, 0.05) is 20.0 Å². The lowest BCUT2D eigenvalue weighted by Gasteiger charge is -2.28. The number of carboxylic acid groups (broad SMARTS) is 1. The number of rotatable bonds is 7. The summed E-state index contributed by atoms with van der Waals surface area (Å²) in [5, 5.41) is 11.9. The minimum absolute atomic E-state index is 0.0358. The SMILES string of the molecule is CC(=O)NCCN(C(C)C(=O)O)S(=O)(=O)c1c(C)c(C)c(C)c(C)c1C. The summed E-state index contributed by atoms with van der Waals surface area (Å²) < 4.78 is 27.7. The molecule has 1 atom stereocenters. The summed E-state index contributed by atoms with van der Waals surface area (Å²) in [5.41, 5.74) is 4.00. The predicted molar refractivity (Wildman–Crippen MR) is 99.8 cm³/mol. The predicted octanol–water partition coefficient (Wildman–Crippen LogP) is 1.83. The molecule has 0 aliphatic heterocycles. The Balaban J connectivity index is 3.55. The van der Waals surface area contributed by atoms with Crippen LogP contribution in [0.3, 0.4) is 0 Å². The highest BCUT2D eigenvalue weighted by Crippen LogP contribution is 2.32. The lowest BCUT2D eigenvalue weighted by atomic mass is 9.95. The van der Waals surface area contributed by atoms with Gasteiger partial charge in [0.15, 0.2) is 0 Å². The third-order valence-electron chi connectivity index (χ3n) is 4.99. The molecule has 0 radical (unpaired) electrons. The highest BCUT2D eigenvalue weighted by atomic mass is 32.2. The third kappa shape index (κ3) is 4.24. The van der Waals surface area contributed by atoms with E-state index in [1.165, 1.54) is 13.8 Å². The summed E-state index contributed by atoms with van der Waals surface area (Å²) in [6.45, 7) is 11.7. The standard InChI is InChI=1S/C18H28N2O5S/c1-10-11(2)13(4)17(14(5)12(10)3)26(24,25)20(15(6)18(22)23)9-8-19-16(7)21/h15H,8-9H2,1-7H3,(H,19,21)(H,22,23). The second-order valence-electron chi connectivity index (χ2n) is 6.57. The first kappa shape index (κ1) is 22.1. The summed E-state index contributed by atoms with van der Waals surface area (Å²) in [6, 6.07) is -1.26. The number of carbonyl (C=O) groups excluding carboxylic acids is 1. The number of aliphatic carboxylic acids is 1. The average Bonchev–Trinajstić information content (AvgIpc) is 2.53. The van der Waals surface area contributed by atoms with Crippen molar-refractivity contribution in [3.05, 3.63) is 27.8 Å². The molecule has 8 heteroatoms. The molecule has 0 heterocycles. The zero-order chi connectivity index (χ0) is 20.4. The van der Waals surface area contributed by atoms with Gasteiger partial charge in [-0.1, -0.05) is 0 Å². The van der Waals surface area contributed by atoms with Crippen LogP contribution < -0.4 is 5.32 Å². The Kier molecular flexibility index (Phi) is 6.95. The van der Waals surface area contributed by atoms with Crippen molar-refractivity contribution >= 4 is 21.9 Å². The quantitative estimate of drug-likeness (QED) is 0.746. The molecule has 1 aromatic carbocycles. The Morgan fingerprint density at radius 3 is 1.81 bits per heavy atom. The van der Waals surface area contributed by atoms with Crippen LogP contribution in [-0.2, 0) is 19.6 Å². The zero-order valence-electron chi connectivity index (χ0n) is 16.4. The van der Waals surface area contributed by atoms with Gasteiger partial charge >= 0.3 is 5.97 Å². The van der Waals surface area contributed by atoms with Crippen molar-refractivity contribution in [3.63, 3.8) is 0 Å². The van der Waals surface area contributed by atoms with Crippen molar-refractivity contribution in [2.24, 2.45) is 0 Å². The largest absolute Gasteiger partial charge is 0.480 e. The third-order valence-corrected chi connectivity index (χ3v) is 7.24. The minimum atomic E-state index is -4.07. The number of carbonyl (C=O) groups is 2. The van der Waals surface area contributed by atoms with E-state index >= 15 is 0 Å². The molecular formula is C18H28N2O5S. The lowest BCUT2D eigenvalue weighted by molar-refractivity contribution is -0.140. The lowest BCUT2D eigenvalue weighted by Crippen LogP contribution is -2.47. The van der Waals surface area contributed by atoms with E-state index in [1.54, 1.807) is 13.8 Å². The molecule has 0 bridgehead atoms. The van der Waals surface area contributed by atoms with Gasteiger partial charge in [0.05, 0.1) is 4.90 Å². The number of sulfonamides is 1. The van der Waals surface area contributed by atoms with Crippen molar-refractivity contribution in [1.29, 1.82) is 0 Å². The van der Waals surface area contributed by atoms with Crippen molar-refractivity contribution < 1.29 is 23.1 Å². The first-order chi connectivity index (χ1) is 11.8. The van der Waals surface area contributed by atoms with Gasteiger partial charge in [-0.15, -0.1) is 0 Å². The summed E-state index contributed by atoms with van der Waals surface area (Å²) in [7, 11) is -4.07. The van der Waals surface area contributed by atoms with Crippen LogP contribution in [0.4, 0.5) is 0 Å². The molecule has 0 spiro atoms. The summed E-state index contributed by atoms with van der Waals surface area (Å²) in [4.78, 5) is 22.7. The monoisotopic (exact) mass is 384 g/mol. The van der Waals surface area contributed by atoms with Crippen molar-refractivity contribution in [1.82, 2.24) is 9.62 Å². The Labute approximate surface area is 155 Å². The van der Waals surface area contributed by atoms with Crippen LogP contribution in [0.5, 0.6) is 0 Å². The van der Waals surface area contributed by atoms with Crippen LogP contribution in [0.25, 0.3) is 0 Å². The smallest absolute Gasteiger partial charge is 0.321 e. The number of benzene rings is 1. The number of hydrogen-bond acceptors (Lipinski definition) is 4. The zero-order valence-corrected chi connectivity index (χ0v) is 17.2. The van der Waals surface area contributed by atoms with E-state index in [1.807, 2.05) is 20.8 Å². The molecule has 0 fully saturated rings. The fourth-order valence-electron chi connectivity index (χ4n) is 2.96. The molecule has 1 amide bonds. The van der Waals surface area contributed by atoms with Crippen molar-refractivity contribution in [2.75, 3.05) is 13.1 Å². The number of amides is 1. The Morgan fingerprint density at radius 1 is 1.00 bits per heavy atom. The number of nitrogens with zero attached hydrogens (tertiary/aromatic N) is 1. The molecule has 26 heavy (non-hydrogen) atoms. The van der Waals surface area contributed by atoms with Crippen LogP contribution in [0, 0.1) is 34.6 Å². The number of carboxylic acids is 1. The van der Waals surface area contributed by atoms with Gasteiger partial charge in [-0.3, -0.25) is 9.59 Å². The first-order valence-electron chi connectivity index (χ1n) is 8.40. The molecule has 1 aromatic rings. The molecule has 1 unspecified atom stereocenters. The van der Waals surface area contributed by atoms with Gasteiger partial charge in [-0.25, -0.2) is 8.42 Å². The fraction of sp³-hybridized carbons (Fsp3) is 0.556. The second-order valence-corrected chi connectivity index (χ2v) is 8.39. The van der Waals surface area contributed by atoms with E-state index in [-0.39, 0.29) is 23.9 Å². The molecule has 0 saturated carbocycles. The molecule has 2 N–H and O–H groups in total. The van der Waals surface area contributed by atoms with Crippen LogP contribution >= 0.6 is 0 Å². The van der Waals surface area contributed by atoms with Gasteiger partial charge in [0.25, 0.3) is 0 Å². The van der Waals surface area contributed by atoms with Crippen LogP contribution in [-0.4, -0.2) is 48.8 Å². The first-order valence-corrected chi connectivity index (χ1v) is 9.84. The maximum Gasteiger partial charge on any atom is 0.321 e. The summed E-state index contributed by atoms with van der Waals surface area (Å²) in [5.74, 6) is -1.55.